The molecule has 0 saturated heterocycles. The highest BCUT2D eigenvalue weighted by Crippen LogP contribution is 2.23. The van der Waals surface area contributed by atoms with E-state index in [1.165, 1.54) is 6.07 Å². The molecule has 3 aromatic carbocycles. The number of esters is 1. The summed E-state index contributed by atoms with van der Waals surface area (Å²) in [4.78, 5) is 36.2. The molecule has 0 aliphatic rings. The van der Waals surface area contributed by atoms with Gasteiger partial charge in [0.05, 0.1) is 5.56 Å². The minimum atomic E-state index is -0.589. The summed E-state index contributed by atoms with van der Waals surface area (Å²) in [7, 11) is 0. The van der Waals surface area contributed by atoms with Crippen LogP contribution in [0.2, 0.25) is 0 Å². The summed E-state index contributed by atoms with van der Waals surface area (Å²) in [6.07, 6.45) is 0. The molecule has 7 nitrogen and oxygen atoms in total. The zero-order chi connectivity index (χ0) is 24.9. The van der Waals surface area contributed by atoms with Crippen LogP contribution >= 0.6 is 0 Å². The van der Waals surface area contributed by atoms with E-state index in [4.69, 9.17) is 13.9 Å². The summed E-state index contributed by atoms with van der Waals surface area (Å²) in [6, 6.07) is 19.2. The highest BCUT2D eigenvalue weighted by Gasteiger charge is 2.12. The molecule has 1 aromatic heterocycles. The minimum Gasteiger partial charge on any atom is -0.489 e. The van der Waals surface area contributed by atoms with Gasteiger partial charge in [0.15, 0.2) is 6.61 Å². The molecule has 1 amide bonds. The van der Waals surface area contributed by atoms with Gasteiger partial charge in [-0.2, -0.15) is 0 Å². The molecule has 1 heterocycles. The second kappa shape index (κ2) is 10.3. The van der Waals surface area contributed by atoms with E-state index in [0.717, 1.165) is 33.3 Å². The number of anilines is 1. The lowest BCUT2D eigenvalue weighted by molar-refractivity contribution is -0.119. The maximum Gasteiger partial charge on any atom is 0.338 e. The highest BCUT2D eigenvalue weighted by molar-refractivity contribution is 5.96. The number of carbonyl (C=O) groups excluding carboxylic acids is 2. The molecule has 0 spiro atoms. The number of carbonyl (C=O) groups is 2. The Morgan fingerprint density at radius 2 is 1.60 bits per heavy atom. The van der Waals surface area contributed by atoms with Crippen LogP contribution in [0.5, 0.6) is 5.75 Å². The molecule has 1 N–H and O–H groups in total. The van der Waals surface area contributed by atoms with Crippen LogP contribution in [0.1, 0.15) is 32.6 Å². The van der Waals surface area contributed by atoms with Crippen molar-refractivity contribution in [3.05, 3.63) is 105 Å². The lowest BCUT2D eigenvalue weighted by Gasteiger charge is -2.12. The lowest BCUT2D eigenvalue weighted by Crippen LogP contribution is -2.21. The van der Waals surface area contributed by atoms with Gasteiger partial charge in [-0.15, -0.1) is 0 Å². The maximum atomic E-state index is 12.3. The first-order valence-corrected chi connectivity index (χ1v) is 11.1. The summed E-state index contributed by atoms with van der Waals surface area (Å²) in [5.41, 5.74) is 4.66. The molecule has 0 saturated carbocycles. The average Bonchev–Trinajstić information content (AvgIpc) is 2.83. The summed E-state index contributed by atoms with van der Waals surface area (Å²) in [5.74, 6) is -0.430. The molecule has 0 fully saturated rings. The molecule has 0 bridgehead atoms. The molecule has 4 aromatic rings. The zero-order valence-electron chi connectivity index (χ0n) is 19.7. The van der Waals surface area contributed by atoms with Gasteiger partial charge in [-0.1, -0.05) is 30.3 Å². The Morgan fingerprint density at radius 3 is 2.31 bits per heavy atom. The number of amides is 1. The third-order valence-electron chi connectivity index (χ3n) is 5.60. The number of aryl methyl sites for hydroxylation is 3. The molecule has 4 rings (SSSR count). The Kier molecular flexibility index (Phi) is 6.96. The lowest BCUT2D eigenvalue weighted by atomic mass is 10.1. The second-order valence-corrected chi connectivity index (χ2v) is 8.28. The maximum absolute atomic E-state index is 12.3. The Labute approximate surface area is 202 Å². The van der Waals surface area contributed by atoms with Crippen molar-refractivity contribution in [3.8, 4) is 5.75 Å². The number of nitrogens with one attached hydrogen (secondary N) is 1. The van der Waals surface area contributed by atoms with E-state index in [-0.39, 0.29) is 13.2 Å². The van der Waals surface area contributed by atoms with Gasteiger partial charge in [0.2, 0.25) is 0 Å². The van der Waals surface area contributed by atoms with Gasteiger partial charge in [0, 0.05) is 23.2 Å². The van der Waals surface area contributed by atoms with Crippen molar-refractivity contribution in [2.24, 2.45) is 0 Å². The average molecular weight is 472 g/mol. The van der Waals surface area contributed by atoms with Crippen molar-refractivity contribution in [3.63, 3.8) is 0 Å². The van der Waals surface area contributed by atoms with Crippen LogP contribution in [0.25, 0.3) is 11.0 Å². The first-order valence-electron chi connectivity index (χ1n) is 11.1. The molecule has 7 heteroatoms. The van der Waals surface area contributed by atoms with Crippen LogP contribution in [0.4, 0.5) is 5.69 Å². The monoisotopic (exact) mass is 471 g/mol. The van der Waals surface area contributed by atoms with E-state index < -0.39 is 17.5 Å². The van der Waals surface area contributed by atoms with Gasteiger partial charge >= 0.3 is 11.6 Å². The van der Waals surface area contributed by atoms with Gasteiger partial charge in [-0.05, 0) is 67.3 Å². The number of hydrogen-bond acceptors (Lipinski definition) is 6. The summed E-state index contributed by atoms with van der Waals surface area (Å²) in [5, 5.41) is 3.64. The molecule has 0 unspecified atom stereocenters. The fourth-order valence-electron chi connectivity index (χ4n) is 3.70. The largest absolute Gasteiger partial charge is 0.489 e. The smallest absolute Gasteiger partial charge is 0.338 e. The predicted molar refractivity (Wildman–Crippen MR) is 133 cm³/mol. The zero-order valence-corrected chi connectivity index (χ0v) is 19.7. The third kappa shape index (κ3) is 5.76. The molecule has 0 aliphatic heterocycles. The Balaban J connectivity index is 1.31. The number of ether oxygens (including phenoxy) is 2. The topological polar surface area (TPSA) is 94.8 Å². The van der Waals surface area contributed by atoms with Crippen molar-refractivity contribution in [1.29, 1.82) is 0 Å². The first kappa shape index (κ1) is 23.8. The van der Waals surface area contributed by atoms with E-state index >= 15 is 0 Å². The van der Waals surface area contributed by atoms with Crippen LogP contribution in [0, 0.1) is 20.8 Å². The molecule has 35 heavy (non-hydrogen) atoms. The molecular weight excluding hydrogens is 446 g/mol. The van der Waals surface area contributed by atoms with Crippen molar-refractivity contribution in [2.75, 3.05) is 11.9 Å². The van der Waals surface area contributed by atoms with E-state index in [1.807, 2.05) is 51.1 Å². The van der Waals surface area contributed by atoms with Gasteiger partial charge in [0.1, 0.15) is 17.9 Å². The van der Waals surface area contributed by atoms with Gasteiger partial charge in [-0.3, -0.25) is 4.79 Å². The van der Waals surface area contributed by atoms with Crippen LogP contribution in [0.15, 0.2) is 75.9 Å². The van der Waals surface area contributed by atoms with Crippen molar-refractivity contribution in [2.45, 2.75) is 27.4 Å². The predicted octanol–water partition coefficient (Wildman–Crippen LogP) is 5.09. The van der Waals surface area contributed by atoms with Crippen LogP contribution in [-0.2, 0) is 16.1 Å². The normalized spacial score (nSPS) is 10.7. The molecule has 0 radical (unpaired) electrons. The fourth-order valence-corrected chi connectivity index (χ4v) is 3.70. The number of fused-ring (bicyclic) bond motifs is 1. The van der Waals surface area contributed by atoms with Crippen molar-refractivity contribution in [1.82, 2.24) is 0 Å². The highest BCUT2D eigenvalue weighted by atomic mass is 16.5. The first-order chi connectivity index (χ1) is 16.8. The minimum absolute atomic E-state index is 0.259. The van der Waals surface area contributed by atoms with E-state index in [9.17, 15) is 14.4 Å². The van der Waals surface area contributed by atoms with Gasteiger partial charge in [0.25, 0.3) is 5.91 Å². The van der Waals surface area contributed by atoms with E-state index in [1.54, 1.807) is 30.3 Å². The van der Waals surface area contributed by atoms with E-state index in [0.29, 0.717) is 16.9 Å². The van der Waals surface area contributed by atoms with Crippen molar-refractivity contribution < 1.29 is 23.5 Å². The Bertz CT molecular complexity index is 1430. The summed E-state index contributed by atoms with van der Waals surface area (Å²) in [6.45, 7) is 5.53. The summed E-state index contributed by atoms with van der Waals surface area (Å²) < 4.78 is 16.2. The summed E-state index contributed by atoms with van der Waals surface area (Å²) >= 11 is 0. The van der Waals surface area contributed by atoms with Crippen LogP contribution in [0.3, 0.4) is 0 Å². The van der Waals surface area contributed by atoms with Crippen LogP contribution in [-0.4, -0.2) is 18.5 Å². The molecule has 0 aliphatic carbocycles. The number of para-hydroxylation sites is 1. The van der Waals surface area contributed by atoms with E-state index in [2.05, 4.69) is 5.32 Å². The quantitative estimate of drug-likeness (QED) is 0.298. The molecule has 0 atom stereocenters. The van der Waals surface area contributed by atoms with Gasteiger partial charge in [-0.25, -0.2) is 9.59 Å². The Hall–Kier alpha value is -4.39. The SMILES string of the molecule is Cc1cccc(C)c1NC(=O)COC(=O)c1ccc(COc2ccc3c(C)cc(=O)oc3c2)cc1. The van der Waals surface area contributed by atoms with Crippen LogP contribution < -0.4 is 15.7 Å². The van der Waals surface area contributed by atoms with Gasteiger partial charge < -0.3 is 19.2 Å². The third-order valence-corrected chi connectivity index (χ3v) is 5.60. The number of hydrogen-bond donors (Lipinski definition) is 1. The number of benzene rings is 3. The second-order valence-electron chi connectivity index (χ2n) is 8.28. The van der Waals surface area contributed by atoms with Crippen molar-refractivity contribution >= 4 is 28.5 Å². The molecule has 178 valence electrons. The Morgan fingerprint density at radius 1 is 0.886 bits per heavy atom. The standard InChI is InChI=1S/C28H25NO6/c1-17-5-4-6-18(2)27(17)29-25(30)16-34-28(32)21-9-7-20(8-10-21)15-33-22-11-12-23-19(3)13-26(31)35-24(23)14-22/h4-14H,15-16H2,1-3H3,(H,29,30). The number of rotatable bonds is 7. The fraction of sp³-hybridized carbons (Fsp3) is 0.179. The molecular formula is C28H25NO6.